The Bertz CT molecular complexity index is 1120. The van der Waals surface area contributed by atoms with Gasteiger partial charge in [0.1, 0.15) is 9.88 Å². The zero-order valence-electron chi connectivity index (χ0n) is 14.8. The van der Waals surface area contributed by atoms with Gasteiger partial charge in [-0.1, -0.05) is 29.8 Å². The molecule has 2 N–H and O–H groups in total. The molecule has 0 atom stereocenters. The van der Waals surface area contributed by atoms with E-state index in [1.807, 2.05) is 24.3 Å². The molecular weight excluding hydrogens is 436 g/mol. The highest BCUT2D eigenvalue weighted by Gasteiger charge is 2.28. The highest BCUT2D eigenvalue weighted by molar-refractivity contribution is 7.80. The molecule has 0 fully saturated rings. The Labute approximate surface area is 179 Å². The Kier molecular flexibility index (Phi) is 5.37. The van der Waals surface area contributed by atoms with Crippen LogP contribution in [0.5, 0.6) is 0 Å². The van der Waals surface area contributed by atoms with Crippen LogP contribution in [0.15, 0.2) is 24.3 Å². The number of thiophene rings is 2. The molecule has 0 bridgehead atoms. The number of fused-ring (bicyclic) bond motifs is 2. The van der Waals surface area contributed by atoms with Gasteiger partial charge in [-0.2, -0.15) is 0 Å². The fourth-order valence-corrected chi connectivity index (χ4v) is 6.22. The van der Waals surface area contributed by atoms with Gasteiger partial charge in [-0.25, -0.2) is 4.79 Å². The second-order valence-electron chi connectivity index (χ2n) is 6.20. The highest BCUT2D eigenvalue weighted by Crippen LogP contribution is 2.39. The molecule has 28 heavy (non-hydrogen) atoms. The number of amides is 1. The third-order valence-electron chi connectivity index (χ3n) is 4.51. The first-order chi connectivity index (χ1) is 13.5. The number of methoxy groups -OCH3 is 1. The van der Waals surface area contributed by atoms with Crippen molar-refractivity contribution >= 4 is 78.6 Å². The number of carbonyl (C=O) groups excluding carboxylic acids is 2. The molecule has 1 aliphatic carbocycles. The van der Waals surface area contributed by atoms with E-state index in [0.717, 1.165) is 39.8 Å². The van der Waals surface area contributed by atoms with Gasteiger partial charge in [0.2, 0.25) is 0 Å². The van der Waals surface area contributed by atoms with E-state index in [1.54, 1.807) is 0 Å². The van der Waals surface area contributed by atoms with Crippen molar-refractivity contribution in [3.63, 3.8) is 0 Å². The van der Waals surface area contributed by atoms with E-state index in [2.05, 4.69) is 10.6 Å². The number of hydrogen-bond donors (Lipinski definition) is 2. The van der Waals surface area contributed by atoms with Gasteiger partial charge < -0.3 is 10.1 Å². The van der Waals surface area contributed by atoms with Crippen molar-refractivity contribution in [3.05, 3.63) is 50.2 Å². The summed E-state index contributed by atoms with van der Waals surface area (Å²) in [6.07, 6.45) is 2.80. The van der Waals surface area contributed by atoms with Crippen LogP contribution in [0, 0.1) is 0 Å². The van der Waals surface area contributed by atoms with Crippen LogP contribution in [0.4, 0.5) is 5.00 Å². The molecule has 0 spiro atoms. The zero-order valence-corrected chi connectivity index (χ0v) is 18.0. The maximum Gasteiger partial charge on any atom is 0.341 e. The van der Waals surface area contributed by atoms with Gasteiger partial charge in [0.05, 0.1) is 17.7 Å². The molecule has 1 aromatic carbocycles. The van der Waals surface area contributed by atoms with E-state index in [0.29, 0.717) is 20.5 Å². The molecule has 2 aromatic heterocycles. The smallest absolute Gasteiger partial charge is 0.341 e. The first-order valence-corrected chi connectivity index (χ1v) is 10.9. The van der Waals surface area contributed by atoms with Crippen LogP contribution >= 0.6 is 46.5 Å². The van der Waals surface area contributed by atoms with Gasteiger partial charge in [-0.15, -0.1) is 22.7 Å². The number of thiocarbonyl (C=S) groups is 1. The second-order valence-corrected chi connectivity index (χ2v) is 9.15. The monoisotopic (exact) mass is 450 g/mol. The van der Waals surface area contributed by atoms with E-state index in [-0.39, 0.29) is 11.0 Å². The Hall–Kier alpha value is -2.00. The van der Waals surface area contributed by atoms with E-state index in [4.69, 9.17) is 28.6 Å². The van der Waals surface area contributed by atoms with E-state index < -0.39 is 5.97 Å². The lowest BCUT2D eigenvalue weighted by Gasteiger charge is -2.10. The lowest BCUT2D eigenvalue weighted by atomic mass is 10.1. The van der Waals surface area contributed by atoms with Gasteiger partial charge >= 0.3 is 5.97 Å². The number of nitrogens with one attached hydrogen (secondary N) is 2. The summed E-state index contributed by atoms with van der Waals surface area (Å²) in [7, 11) is 1.36. The van der Waals surface area contributed by atoms with Crippen LogP contribution in [-0.4, -0.2) is 24.1 Å². The minimum Gasteiger partial charge on any atom is -0.465 e. The summed E-state index contributed by atoms with van der Waals surface area (Å²) in [4.78, 5) is 26.4. The van der Waals surface area contributed by atoms with Crippen molar-refractivity contribution in [3.8, 4) is 0 Å². The third-order valence-corrected chi connectivity index (χ3v) is 7.59. The molecular formula is C19H15ClN2O3S3. The molecule has 4 rings (SSSR count). The minimum atomic E-state index is -0.399. The molecule has 2 heterocycles. The topological polar surface area (TPSA) is 67.4 Å². The maximum atomic E-state index is 12.6. The van der Waals surface area contributed by atoms with Gasteiger partial charge in [0, 0.05) is 15.0 Å². The molecule has 1 amide bonds. The summed E-state index contributed by atoms with van der Waals surface area (Å²) in [5, 5.41) is 7.60. The quantitative estimate of drug-likeness (QED) is 0.433. The summed E-state index contributed by atoms with van der Waals surface area (Å²) in [5.74, 6) is -0.781. The summed E-state index contributed by atoms with van der Waals surface area (Å²) < 4.78 is 5.85. The zero-order chi connectivity index (χ0) is 19.8. The van der Waals surface area contributed by atoms with Crippen molar-refractivity contribution in [1.29, 1.82) is 0 Å². The first kappa shape index (κ1) is 19.3. The Balaban J connectivity index is 1.54. The molecule has 0 unspecified atom stereocenters. The predicted molar refractivity (Wildman–Crippen MR) is 118 cm³/mol. The number of anilines is 1. The second kappa shape index (κ2) is 7.79. The number of hydrogen-bond acceptors (Lipinski definition) is 6. The number of rotatable bonds is 3. The molecule has 0 aliphatic heterocycles. The Morgan fingerprint density at radius 3 is 2.75 bits per heavy atom. The van der Waals surface area contributed by atoms with E-state index in [9.17, 15) is 9.59 Å². The molecule has 144 valence electrons. The lowest BCUT2D eigenvalue weighted by Crippen LogP contribution is -2.34. The summed E-state index contributed by atoms with van der Waals surface area (Å²) in [6, 6.07) is 7.55. The Morgan fingerprint density at radius 1 is 1.21 bits per heavy atom. The van der Waals surface area contributed by atoms with Gasteiger partial charge in [0.25, 0.3) is 5.91 Å². The number of halogens is 1. The molecule has 1 aliphatic rings. The van der Waals surface area contributed by atoms with Crippen molar-refractivity contribution in [2.24, 2.45) is 0 Å². The predicted octanol–water partition coefficient (Wildman–Crippen LogP) is 5.02. The van der Waals surface area contributed by atoms with Crippen molar-refractivity contribution in [2.75, 3.05) is 12.4 Å². The fourth-order valence-electron chi connectivity index (χ4n) is 3.26. The molecule has 0 radical (unpaired) electrons. The molecule has 3 aromatic rings. The lowest BCUT2D eigenvalue weighted by molar-refractivity contribution is 0.0601. The van der Waals surface area contributed by atoms with Crippen LogP contribution in [0.2, 0.25) is 5.02 Å². The maximum absolute atomic E-state index is 12.6. The van der Waals surface area contributed by atoms with Crippen molar-refractivity contribution in [2.45, 2.75) is 19.3 Å². The fraction of sp³-hybridized carbons (Fsp3) is 0.211. The molecule has 0 saturated heterocycles. The number of carbonyl (C=O) groups is 2. The number of aryl methyl sites for hydroxylation is 1. The summed E-state index contributed by atoms with van der Waals surface area (Å²) >= 11 is 14.4. The minimum absolute atomic E-state index is 0.114. The van der Waals surface area contributed by atoms with Crippen molar-refractivity contribution < 1.29 is 14.3 Å². The van der Waals surface area contributed by atoms with Crippen molar-refractivity contribution in [1.82, 2.24) is 5.32 Å². The summed E-state index contributed by atoms with van der Waals surface area (Å²) in [6.45, 7) is 0. The number of ether oxygens (including phenoxy) is 1. The molecule has 5 nitrogen and oxygen atoms in total. The summed E-state index contributed by atoms with van der Waals surface area (Å²) in [5.41, 5.74) is 1.53. The molecule has 9 heteroatoms. The van der Waals surface area contributed by atoms with Crippen LogP contribution in [0.25, 0.3) is 10.1 Å². The first-order valence-electron chi connectivity index (χ1n) is 8.51. The standard InChI is InChI=1S/C19H15ClN2O3S3/c1-25-18(24)13-9-6-4-8-11(9)28-17(13)22-19(26)21-16(23)15-14(20)10-5-2-3-7-12(10)27-15/h2-3,5,7H,4,6,8H2,1H3,(H2,21,22,23,26). The Morgan fingerprint density at radius 2 is 2.00 bits per heavy atom. The van der Waals surface area contributed by atoms with Crippen LogP contribution in [0.3, 0.4) is 0 Å². The van der Waals surface area contributed by atoms with Crippen LogP contribution in [-0.2, 0) is 17.6 Å². The third kappa shape index (κ3) is 3.41. The van der Waals surface area contributed by atoms with Gasteiger partial charge in [-0.3, -0.25) is 10.1 Å². The average molecular weight is 451 g/mol. The van der Waals surface area contributed by atoms with Crippen LogP contribution < -0.4 is 10.6 Å². The SMILES string of the molecule is COC(=O)c1c(NC(=S)NC(=O)c2sc3ccccc3c2Cl)sc2c1CCC2. The highest BCUT2D eigenvalue weighted by atomic mass is 35.5. The van der Waals surface area contributed by atoms with Gasteiger partial charge in [-0.05, 0) is 43.1 Å². The number of esters is 1. The van der Waals surface area contributed by atoms with Gasteiger partial charge in [0.15, 0.2) is 5.11 Å². The normalized spacial score (nSPS) is 12.6. The average Bonchev–Trinajstić information content (AvgIpc) is 3.34. The van der Waals surface area contributed by atoms with Crippen LogP contribution in [0.1, 0.15) is 36.9 Å². The molecule has 0 saturated carbocycles. The van der Waals surface area contributed by atoms with E-state index >= 15 is 0 Å². The number of benzene rings is 1. The van der Waals surface area contributed by atoms with E-state index in [1.165, 1.54) is 29.8 Å². The largest absolute Gasteiger partial charge is 0.465 e.